The van der Waals surface area contributed by atoms with E-state index in [2.05, 4.69) is 38.2 Å². The van der Waals surface area contributed by atoms with E-state index in [0.717, 1.165) is 50.5 Å². The van der Waals surface area contributed by atoms with Crippen LogP contribution in [0.3, 0.4) is 0 Å². The number of ether oxygens (including phenoxy) is 2. The highest BCUT2D eigenvalue weighted by atomic mass is 16.5. The Kier molecular flexibility index (Phi) is 8.12. The molecule has 0 aliphatic carbocycles. The van der Waals surface area contributed by atoms with E-state index in [4.69, 9.17) is 9.47 Å². The van der Waals surface area contributed by atoms with Gasteiger partial charge in [0.25, 0.3) is 0 Å². The number of methoxy groups -OCH3 is 1. The van der Waals surface area contributed by atoms with Crippen LogP contribution in [-0.4, -0.2) is 20.3 Å². The molecule has 3 heteroatoms. The van der Waals surface area contributed by atoms with Gasteiger partial charge in [-0.2, -0.15) is 0 Å². The molecule has 3 nitrogen and oxygen atoms in total. The van der Waals surface area contributed by atoms with Crippen LogP contribution in [0.1, 0.15) is 45.6 Å². The quantitative estimate of drug-likeness (QED) is 0.656. The van der Waals surface area contributed by atoms with Gasteiger partial charge < -0.3 is 14.8 Å². The second-order valence-electron chi connectivity index (χ2n) is 5.16. The summed E-state index contributed by atoms with van der Waals surface area (Å²) in [7, 11) is 1.70. The molecular formula is C17H29NO2. The van der Waals surface area contributed by atoms with Crippen molar-refractivity contribution in [2.75, 3.05) is 20.3 Å². The Hall–Kier alpha value is -1.22. The van der Waals surface area contributed by atoms with Gasteiger partial charge in [0.05, 0.1) is 13.7 Å². The molecule has 0 amide bonds. The molecule has 0 saturated carbocycles. The first-order chi connectivity index (χ1) is 9.74. The lowest BCUT2D eigenvalue weighted by Gasteiger charge is -2.16. The Morgan fingerprint density at radius 2 is 1.85 bits per heavy atom. The second kappa shape index (κ2) is 9.65. The Labute approximate surface area is 123 Å². The third-order valence-corrected chi connectivity index (χ3v) is 3.61. The Bertz CT molecular complexity index is 375. The van der Waals surface area contributed by atoms with Gasteiger partial charge in [-0.05, 0) is 36.6 Å². The Morgan fingerprint density at radius 3 is 2.45 bits per heavy atom. The average molecular weight is 279 g/mol. The molecule has 0 unspecified atom stereocenters. The fourth-order valence-electron chi connectivity index (χ4n) is 2.08. The largest absolute Gasteiger partial charge is 0.493 e. The van der Waals surface area contributed by atoms with E-state index in [-0.39, 0.29) is 0 Å². The Morgan fingerprint density at radius 1 is 1.10 bits per heavy atom. The molecule has 0 atom stereocenters. The van der Waals surface area contributed by atoms with Gasteiger partial charge in [-0.25, -0.2) is 0 Å². The van der Waals surface area contributed by atoms with E-state index in [0.29, 0.717) is 5.92 Å². The molecule has 114 valence electrons. The van der Waals surface area contributed by atoms with Crippen molar-refractivity contribution in [1.82, 2.24) is 5.32 Å². The maximum absolute atomic E-state index is 5.91. The minimum Gasteiger partial charge on any atom is -0.493 e. The highest BCUT2D eigenvalue weighted by molar-refractivity contribution is 5.42. The smallest absolute Gasteiger partial charge is 0.161 e. The normalized spacial score (nSPS) is 10.8. The lowest BCUT2D eigenvalue weighted by molar-refractivity contribution is 0.230. The molecule has 0 fully saturated rings. The first-order valence-corrected chi connectivity index (χ1v) is 7.75. The van der Waals surface area contributed by atoms with Crippen molar-refractivity contribution in [3.63, 3.8) is 0 Å². The molecular weight excluding hydrogens is 250 g/mol. The lowest BCUT2D eigenvalue weighted by atomic mass is 10.1. The van der Waals surface area contributed by atoms with Crippen LogP contribution in [0.25, 0.3) is 0 Å². The topological polar surface area (TPSA) is 30.5 Å². The third-order valence-electron chi connectivity index (χ3n) is 3.61. The van der Waals surface area contributed by atoms with Crippen LogP contribution in [0.5, 0.6) is 11.5 Å². The molecule has 0 bridgehead atoms. The maximum atomic E-state index is 5.91. The molecule has 0 heterocycles. The van der Waals surface area contributed by atoms with E-state index in [1.54, 1.807) is 7.11 Å². The summed E-state index contributed by atoms with van der Waals surface area (Å²) in [5.41, 5.74) is 1.23. The fourth-order valence-corrected chi connectivity index (χ4v) is 2.08. The van der Waals surface area contributed by atoms with Crippen LogP contribution < -0.4 is 14.8 Å². The van der Waals surface area contributed by atoms with Gasteiger partial charge in [0.15, 0.2) is 11.5 Å². The summed E-state index contributed by atoms with van der Waals surface area (Å²) in [6.45, 7) is 9.25. The van der Waals surface area contributed by atoms with Crippen molar-refractivity contribution in [3.8, 4) is 11.5 Å². The zero-order chi connectivity index (χ0) is 14.8. The predicted molar refractivity (Wildman–Crippen MR) is 84.6 cm³/mol. The van der Waals surface area contributed by atoms with Crippen molar-refractivity contribution in [1.29, 1.82) is 0 Å². The summed E-state index contributed by atoms with van der Waals surface area (Å²) in [6.07, 6.45) is 3.45. The van der Waals surface area contributed by atoms with Gasteiger partial charge in [-0.15, -0.1) is 0 Å². The highest BCUT2D eigenvalue weighted by Gasteiger charge is 2.09. The van der Waals surface area contributed by atoms with Crippen molar-refractivity contribution in [3.05, 3.63) is 23.8 Å². The second-order valence-corrected chi connectivity index (χ2v) is 5.16. The first kappa shape index (κ1) is 16.8. The van der Waals surface area contributed by atoms with Crippen molar-refractivity contribution in [2.45, 2.75) is 46.6 Å². The van der Waals surface area contributed by atoms with Gasteiger partial charge in [0.1, 0.15) is 0 Å². The third kappa shape index (κ3) is 5.41. The monoisotopic (exact) mass is 279 g/mol. The number of nitrogens with one attached hydrogen (secondary N) is 1. The van der Waals surface area contributed by atoms with E-state index >= 15 is 0 Å². The van der Waals surface area contributed by atoms with Crippen LogP contribution in [0.15, 0.2) is 18.2 Å². The summed E-state index contributed by atoms with van der Waals surface area (Å²) in [5.74, 6) is 2.29. The van der Waals surface area contributed by atoms with Crippen LogP contribution in [0.2, 0.25) is 0 Å². The maximum Gasteiger partial charge on any atom is 0.161 e. The van der Waals surface area contributed by atoms with E-state index in [1.165, 1.54) is 5.56 Å². The number of hydrogen-bond acceptors (Lipinski definition) is 3. The molecule has 20 heavy (non-hydrogen) atoms. The van der Waals surface area contributed by atoms with Gasteiger partial charge in [-0.3, -0.25) is 0 Å². The van der Waals surface area contributed by atoms with E-state index < -0.39 is 0 Å². The van der Waals surface area contributed by atoms with Crippen molar-refractivity contribution < 1.29 is 9.47 Å². The molecule has 1 aromatic carbocycles. The van der Waals surface area contributed by atoms with E-state index in [9.17, 15) is 0 Å². The van der Waals surface area contributed by atoms with Gasteiger partial charge >= 0.3 is 0 Å². The van der Waals surface area contributed by atoms with Gasteiger partial charge in [0.2, 0.25) is 0 Å². The molecule has 1 aromatic rings. The van der Waals surface area contributed by atoms with Crippen molar-refractivity contribution in [2.24, 2.45) is 5.92 Å². The lowest BCUT2D eigenvalue weighted by Crippen LogP contribution is -2.14. The van der Waals surface area contributed by atoms with Gasteiger partial charge in [-0.1, -0.05) is 39.7 Å². The molecule has 0 aliphatic rings. The summed E-state index contributed by atoms with van der Waals surface area (Å²) >= 11 is 0. The van der Waals surface area contributed by atoms with Crippen LogP contribution >= 0.6 is 0 Å². The number of hydrogen-bond donors (Lipinski definition) is 1. The highest BCUT2D eigenvalue weighted by Crippen LogP contribution is 2.28. The number of benzene rings is 1. The SMILES string of the molecule is CCCNCc1ccc(OCC(CC)CC)c(OC)c1. The summed E-state index contributed by atoms with van der Waals surface area (Å²) in [4.78, 5) is 0. The molecule has 0 radical (unpaired) electrons. The zero-order valence-corrected chi connectivity index (χ0v) is 13.4. The van der Waals surface area contributed by atoms with Crippen LogP contribution in [-0.2, 0) is 6.54 Å². The summed E-state index contributed by atoms with van der Waals surface area (Å²) < 4.78 is 11.3. The molecule has 0 aliphatic heterocycles. The molecule has 0 spiro atoms. The van der Waals surface area contributed by atoms with Crippen molar-refractivity contribution >= 4 is 0 Å². The van der Waals surface area contributed by atoms with E-state index in [1.807, 2.05) is 6.07 Å². The minimum absolute atomic E-state index is 0.616. The summed E-state index contributed by atoms with van der Waals surface area (Å²) in [6, 6.07) is 6.18. The molecule has 1 N–H and O–H groups in total. The molecule has 0 aromatic heterocycles. The first-order valence-electron chi connectivity index (χ1n) is 7.75. The predicted octanol–water partition coefficient (Wildman–Crippen LogP) is 4.01. The molecule has 0 saturated heterocycles. The Balaban J connectivity index is 2.62. The molecule has 1 rings (SSSR count). The fraction of sp³-hybridized carbons (Fsp3) is 0.647. The van der Waals surface area contributed by atoms with Crippen LogP contribution in [0.4, 0.5) is 0 Å². The standard InChI is InChI=1S/C17H29NO2/c1-5-10-18-12-15-8-9-16(17(11-15)19-4)20-13-14(6-2)7-3/h8-9,11,14,18H,5-7,10,12-13H2,1-4H3. The minimum atomic E-state index is 0.616. The van der Waals surface area contributed by atoms with Gasteiger partial charge in [0, 0.05) is 6.54 Å². The summed E-state index contributed by atoms with van der Waals surface area (Å²) in [5, 5.41) is 3.39. The van der Waals surface area contributed by atoms with Crippen LogP contribution in [0, 0.1) is 5.92 Å². The average Bonchev–Trinajstić information content (AvgIpc) is 2.49. The zero-order valence-electron chi connectivity index (χ0n) is 13.4. The number of rotatable bonds is 10.